The zero-order valence-electron chi connectivity index (χ0n) is 21.2. The molecule has 0 atom stereocenters. The number of nitrogens with zero attached hydrogens (tertiary/aromatic N) is 3. The van der Waals surface area contributed by atoms with Crippen molar-refractivity contribution in [2.24, 2.45) is 5.14 Å². The number of hydrogen-bond donors (Lipinski definition) is 2. The maximum atomic E-state index is 14.7. The molecule has 0 spiro atoms. The third kappa shape index (κ3) is 6.93. The zero-order valence-corrected chi connectivity index (χ0v) is 23.7. The quantitative estimate of drug-likeness (QED) is 0.235. The molecular weight excluding hydrogens is 621 g/mol. The number of carbonyl (C=O) groups is 1. The van der Waals surface area contributed by atoms with E-state index in [1.165, 1.54) is 24.3 Å². The number of carboxylic acid groups (broad SMARTS) is 1. The van der Waals surface area contributed by atoms with Crippen LogP contribution in [0.5, 0.6) is 5.75 Å². The number of primary sulfonamides is 1. The molecule has 1 aromatic heterocycles. The summed E-state index contributed by atoms with van der Waals surface area (Å²) in [6.07, 6.45) is 0. The first-order valence-corrected chi connectivity index (χ1v) is 15.5. The average Bonchev–Trinajstić information content (AvgIpc) is 3.47. The number of benzene rings is 3. The van der Waals surface area contributed by atoms with Crippen molar-refractivity contribution in [3.63, 3.8) is 0 Å². The normalized spacial score (nSPS) is 12.4. The molecule has 4 rings (SSSR count). The molecule has 0 saturated carbocycles. The molecule has 0 amide bonds. The highest BCUT2D eigenvalue weighted by atomic mass is 32.2. The summed E-state index contributed by atoms with van der Waals surface area (Å²) < 4.78 is 103. The smallest absolute Gasteiger partial charge is 0.386 e. The molecule has 3 aromatic carbocycles. The Kier molecular flexibility index (Phi) is 8.98. The van der Waals surface area contributed by atoms with Gasteiger partial charge in [-0.15, -0.1) is 5.10 Å². The predicted molar refractivity (Wildman–Crippen MR) is 145 cm³/mol. The second kappa shape index (κ2) is 12.1. The Hall–Kier alpha value is -3.90. The average molecular weight is 643 g/mol. The van der Waals surface area contributed by atoms with Crippen LogP contribution >= 0.6 is 11.5 Å². The Morgan fingerprint density at radius 3 is 2.14 bits per heavy atom. The fraction of sp³-hybridized carbons (Fsp3) is 0.160. The topological polar surface area (TPSA) is 170 Å². The molecule has 0 fully saturated rings. The standard InChI is InChI=1S/C25H21F3N4O7S3/c26-22-11-17(3-10-21(22)25(27,28)42(29,37)38)13-32(12-16-1-4-18(5-2-16)23-15-40-31-30-23)41(35,36)20-8-6-19(7-9-20)39-14-24(33)34/h1-11,15H,12-14H2,(H,33,34)(H2,29,37,38). The van der Waals surface area contributed by atoms with Crippen LogP contribution in [0.15, 0.2) is 77.0 Å². The largest absolute Gasteiger partial charge is 0.482 e. The van der Waals surface area contributed by atoms with Gasteiger partial charge in [-0.2, -0.15) is 13.1 Å². The Bertz CT molecular complexity index is 1790. The number of alkyl halides is 2. The fourth-order valence-electron chi connectivity index (χ4n) is 3.75. The molecule has 0 bridgehead atoms. The Morgan fingerprint density at radius 1 is 0.976 bits per heavy atom. The molecule has 3 N–H and O–H groups in total. The van der Waals surface area contributed by atoms with Gasteiger partial charge in [-0.25, -0.2) is 31.2 Å². The molecule has 0 saturated heterocycles. The van der Waals surface area contributed by atoms with Gasteiger partial charge in [0, 0.05) is 24.0 Å². The van der Waals surface area contributed by atoms with Crippen molar-refractivity contribution >= 4 is 37.5 Å². The van der Waals surface area contributed by atoms with E-state index in [1.807, 2.05) is 0 Å². The lowest BCUT2D eigenvalue weighted by molar-refractivity contribution is -0.139. The molecule has 4 aromatic rings. The van der Waals surface area contributed by atoms with E-state index >= 15 is 0 Å². The Morgan fingerprint density at radius 2 is 1.60 bits per heavy atom. The number of carboxylic acids is 1. The Balaban J connectivity index is 1.67. The SMILES string of the molecule is NS(=O)(=O)C(F)(F)c1ccc(CN(Cc2ccc(-c3csnn3)cc2)S(=O)(=O)c2ccc(OCC(=O)O)cc2)cc1F. The predicted octanol–water partition coefficient (Wildman–Crippen LogP) is 3.54. The van der Waals surface area contributed by atoms with Crippen molar-refractivity contribution in [1.29, 1.82) is 0 Å². The second-order valence-corrected chi connectivity index (χ2v) is 12.9. The van der Waals surface area contributed by atoms with E-state index in [1.54, 1.807) is 29.6 Å². The van der Waals surface area contributed by atoms with Crippen molar-refractivity contribution in [3.8, 4) is 17.0 Å². The van der Waals surface area contributed by atoms with Gasteiger partial charge in [0.2, 0.25) is 10.0 Å². The number of halogens is 3. The van der Waals surface area contributed by atoms with Crippen molar-refractivity contribution in [2.75, 3.05) is 6.61 Å². The number of ether oxygens (including phenoxy) is 1. The van der Waals surface area contributed by atoms with Crippen molar-refractivity contribution in [2.45, 2.75) is 23.2 Å². The van der Waals surface area contributed by atoms with Crippen LogP contribution in [0.2, 0.25) is 0 Å². The molecular formula is C25H21F3N4O7S3. The minimum absolute atomic E-state index is 0.0587. The monoisotopic (exact) mass is 642 g/mol. The summed E-state index contributed by atoms with van der Waals surface area (Å²) in [5.41, 5.74) is 0.328. The first kappa shape index (κ1) is 31.0. The maximum absolute atomic E-state index is 14.7. The molecule has 1 heterocycles. The van der Waals surface area contributed by atoms with E-state index in [0.29, 0.717) is 23.4 Å². The summed E-state index contributed by atoms with van der Waals surface area (Å²) in [7, 11) is -9.80. The maximum Gasteiger partial charge on any atom is 0.386 e. The van der Waals surface area contributed by atoms with Gasteiger partial charge in [-0.3, -0.25) is 0 Å². The number of hydrogen-bond acceptors (Lipinski definition) is 9. The fourth-order valence-corrected chi connectivity index (χ4v) is 6.11. The van der Waals surface area contributed by atoms with Crippen LogP contribution in [-0.2, 0) is 43.2 Å². The van der Waals surface area contributed by atoms with E-state index in [0.717, 1.165) is 27.5 Å². The first-order valence-electron chi connectivity index (χ1n) is 11.7. The molecule has 0 aliphatic carbocycles. The molecule has 17 heteroatoms. The van der Waals surface area contributed by atoms with Crippen LogP contribution in [-0.4, -0.2) is 48.4 Å². The summed E-state index contributed by atoms with van der Waals surface area (Å²) in [5.74, 6) is -2.72. The lowest BCUT2D eigenvalue weighted by Gasteiger charge is -2.23. The van der Waals surface area contributed by atoms with E-state index in [2.05, 4.69) is 14.7 Å². The van der Waals surface area contributed by atoms with Gasteiger partial charge in [0.05, 0.1) is 10.5 Å². The van der Waals surface area contributed by atoms with E-state index in [-0.39, 0.29) is 22.8 Å². The number of aromatic nitrogens is 2. The highest BCUT2D eigenvalue weighted by Gasteiger charge is 2.46. The van der Waals surface area contributed by atoms with Crippen molar-refractivity contribution in [3.05, 3.63) is 94.6 Å². The lowest BCUT2D eigenvalue weighted by atomic mass is 10.1. The minimum Gasteiger partial charge on any atom is -0.482 e. The number of rotatable bonds is 12. The molecule has 42 heavy (non-hydrogen) atoms. The molecule has 0 aliphatic rings. The molecule has 0 aliphatic heterocycles. The van der Waals surface area contributed by atoms with Gasteiger partial charge < -0.3 is 9.84 Å². The molecule has 0 unspecified atom stereocenters. The lowest BCUT2D eigenvalue weighted by Crippen LogP contribution is -2.34. The minimum atomic E-state index is -5.48. The van der Waals surface area contributed by atoms with E-state index in [4.69, 9.17) is 9.84 Å². The Labute approximate surface area is 242 Å². The van der Waals surface area contributed by atoms with Gasteiger partial charge in [-0.05, 0) is 59.1 Å². The first-order chi connectivity index (χ1) is 19.7. The van der Waals surface area contributed by atoms with Gasteiger partial charge in [0.15, 0.2) is 6.61 Å². The summed E-state index contributed by atoms with van der Waals surface area (Å²) >= 11 is 1.16. The highest BCUT2D eigenvalue weighted by molar-refractivity contribution is 7.89. The third-order valence-corrected chi connectivity index (χ3v) is 9.10. The van der Waals surface area contributed by atoms with E-state index < -0.39 is 55.8 Å². The van der Waals surface area contributed by atoms with Crippen molar-refractivity contribution < 1.29 is 44.6 Å². The second-order valence-electron chi connectivity index (χ2n) is 8.79. The van der Waals surface area contributed by atoms with E-state index in [9.17, 15) is 34.8 Å². The van der Waals surface area contributed by atoms with Crippen molar-refractivity contribution in [1.82, 2.24) is 13.9 Å². The van der Waals surface area contributed by atoms with Crippen LogP contribution in [0.1, 0.15) is 16.7 Å². The summed E-state index contributed by atoms with van der Waals surface area (Å²) in [4.78, 5) is 10.5. The van der Waals surface area contributed by atoms with Gasteiger partial charge in [-0.1, -0.05) is 34.8 Å². The number of aliphatic carboxylic acids is 1. The molecule has 11 nitrogen and oxygen atoms in total. The molecule has 0 radical (unpaired) electrons. The van der Waals surface area contributed by atoms with Crippen LogP contribution < -0.4 is 9.88 Å². The highest BCUT2D eigenvalue weighted by Crippen LogP contribution is 2.35. The molecule has 222 valence electrons. The van der Waals surface area contributed by atoms with Crippen LogP contribution in [0.25, 0.3) is 11.3 Å². The third-order valence-electron chi connectivity index (χ3n) is 5.86. The van der Waals surface area contributed by atoms with Gasteiger partial charge in [0.1, 0.15) is 17.3 Å². The van der Waals surface area contributed by atoms with Crippen LogP contribution in [0.4, 0.5) is 13.2 Å². The summed E-state index contributed by atoms with van der Waals surface area (Å²) in [6.45, 7) is -1.36. The van der Waals surface area contributed by atoms with Gasteiger partial charge >= 0.3 is 11.2 Å². The van der Waals surface area contributed by atoms with Crippen LogP contribution in [0, 0.1) is 5.82 Å². The summed E-state index contributed by atoms with van der Waals surface area (Å²) in [5, 5.41) is 14.3. The number of nitrogens with two attached hydrogens (primary N) is 1. The summed E-state index contributed by atoms with van der Waals surface area (Å²) in [6, 6.07) is 13.7. The van der Waals surface area contributed by atoms with Gasteiger partial charge in [0.25, 0.3) is 10.0 Å². The number of sulfonamides is 2. The zero-order chi connectivity index (χ0) is 30.7. The van der Waals surface area contributed by atoms with Crippen LogP contribution in [0.3, 0.4) is 0 Å².